The van der Waals surface area contributed by atoms with E-state index >= 15 is 17.6 Å². The summed E-state index contributed by atoms with van der Waals surface area (Å²) in [7, 11) is -2.93. The Morgan fingerprint density at radius 3 is 1.08 bits per heavy atom. The van der Waals surface area contributed by atoms with Crippen LogP contribution in [0.1, 0.15) is 22.4 Å². The Balaban J connectivity index is 1.20. The largest absolute Gasteiger partial charge is 0.598 e. The van der Waals surface area contributed by atoms with Gasteiger partial charge in [0.2, 0.25) is 0 Å². The van der Waals surface area contributed by atoms with Crippen molar-refractivity contribution in [3.05, 3.63) is 289 Å². The number of benzene rings is 9. The highest BCUT2D eigenvalue weighted by molar-refractivity contribution is 6.44. The number of ether oxygens (including phenoxy) is 4. The quantitative estimate of drug-likeness (QED) is 0.0527. The van der Waals surface area contributed by atoms with Crippen molar-refractivity contribution in [1.82, 2.24) is 4.48 Å². The van der Waals surface area contributed by atoms with Crippen LogP contribution >= 0.6 is 0 Å². The van der Waals surface area contributed by atoms with Gasteiger partial charge in [-0.2, -0.15) is 43.9 Å². The summed E-state index contributed by atoms with van der Waals surface area (Å²) in [6.45, 7) is -5.21. The molecule has 0 aliphatic carbocycles. The minimum absolute atomic E-state index is 0.0488. The zero-order chi connectivity index (χ0) is 61.5. The molecule has 9 aromatic carbocycles. The van der Waals surface area contributed by atoms with Gasteiger partial charge in [-0.05, 0) is 156 Å². The topological polar surface area (TPSA) is 72.7 Å². The van der Waals surface area contributed by atoms with Crippen LogP contribution in [-0.4, -0.2) is 54.9 Å². The maximum absolute atomic E-state index is 15.4. The summed E-state index contributed by atoms with van der Waals surface area (Å²) in [5.41, 5.74) is 2.31. The van der Waals surface area contributed by atoms with Gasteiger partial charge in [-0.1, -0.05) is 127 Å². The van der Waals surface area contributed by atoms with Crippen molar-refractivity contribution in [2.75, 3.05) is 13.2 Å². The van der Waals surface area contributed by atoms with Crippen molar-refractivity contribution in [3.63, 3.8) is 0 Å². The molecule has 10 aromatic rings. The van der Waals surface area contributed by atoms with Gasteiger partial charge in [0.1, 0.15) is 59.2 Å². The van der Waals surface area contributed by atoms with Gasteiger partial charge in [-0.15, -0.1) is 0 Å². The molecule has 2 heterocycles. The number of hydrogen-bond acceptors (Lipinski definition) is 7. The van der Waals surface area contributed by atoms with Crippen LogP contribution in [-0.2, 0) is 9.31 Å². The molecule has 0 saturated heterocycles. The van der Waals surface area contributed by atoms with Crippen LogP contribution in [0.5, 0.6) is 46.0 Å². The molecule has 0 radical (unpaired) electrons. The molecule has 0 saturated carbocycles. The Kier molecular flexibility index (Phi) is 17.2. The highest BCUT2D eigenvalue weighted by atomic mass is 19.4. The number of halogens is 10. The van der Waals surface area contributed by atoms with Crippen molar-refractivity contribution in [2.45, 2.75) is 24.2 Å². The number of hydrogen-bond donors (Lipinski definition) is 0. The number of aliphatic imine (C=N–C) groups is 1. The van der Waals surface area contributed by atoms with Crippen LogP contribution in [0, 0.1) is 0 Å². The predicted octanol–water partition coefficient (Wildman–Crippen LogP) is 19.6. The lowest BCUT2D eigenvalue weighted by Crippen LogP contribution is -2.48. The summed E-state index contributed by atoms with van der Waals surface area (Å²) in [5.74, 6) is -7.92. The van der Waals surface area contributed by atoms with Gasteiger partial charge in [-0.25, -0.2) is 4.99 Å². The number of alkyl halides is 10. The van der Waals surface area contributed by atoms with Gasteiger partial charge in [0.25, 0.3) is 0 Å². The number of allylic oxidation sites excluding steroid dienone is 2. The van der Waals surface area contributed by atoms with E-state index in [1.807, 2.05) is 24.3 Å². The van der Waals surface area contributed by atoms with E-state index < -0.39 is 44.7 Å². The van der Waals surface area contributed by atoms with E-state index in [9.17, 15) is 26.3 Å². The molecule has 0 bridgehead atoms. The first-order valence-electron chi connectivity index (χ1n) is 27.2. The van der Waals surface area contributed by atoms with Gasteiger partial charge >= 0.3 is 31.5 Å². The number of nitrogens with zero attached hydrogens (tertiary/aromatic N) is 2. The van der Waals surface area contributed by atoms with E-state index in [1.54, 1.807) is 206 Å². The van der Waals surface area contributed by atoms with Gasteiger partial charge in [0.05, 0.1) is 17.1 Å². The first-order valence-corrected chi connectivity index (χ1v) is 27.2. The van der Waals surface area contributed by atoms with Crippen molar-refractivity contribution >= 4 is 24.1 Å². The summed E-state index contributed by atoms with van der Waals surface area (Å²) in [6, 6.07) is 71.2. The minimum atomic E-state index is -6.29. The Hall–Kier alpha value is -10.1. The van der Waals surface area contributed by atoms with Crippen molar-refractivity contribution in [1.29, 1.82) is 0 Å². The summed E-state index contributed by atoms with van der Waals surface area (Å²) in [4.78, 5) is 5.30. The second kappa shape index (κ2) is 25.5. The van der Waals surface area contributed by atoms with E-state index in [0.717, 1.165) is 4.48 Å². The van der Waals surface area contributed by atoms with E-state index in [4.69, 9.17) is 33.2 Å². The molecule has 442 valence electrons. The smallest absolute Gasteiger partial charge is 0.457 e. The summed E-state index contributed by atoms with van der Waals surface area (Å²) in [6.07, 6.45) is -10.8. The monoisotopic (exact) mass is 1200 g/mol. The van der Waals surface area contributed by atoms with Crippen LogP contribution in [0.3, 0.4) is 0 Å². The first kappa shape index (κ1) is 59.6. The molecule has 88 heavy (non-hydrogen) atoms. The lowest BCUT2D eigenvalue weighted by Gasteiger charge is -2.27. The average Bonchev–Trinajstić information content (AvgIpc) is 1.68. The van der Waals surface area contributed by atoms with Gasteiger partial charge in [0.15, 0.2) is 0 Å². The molecule has 1 aliphatic heterocycles. The molecular weight excluding hydrogens is 1150 g/mol. The number of rotatable bonds is 21. The second-order valence-electron chi connectivity index (χ2n) is 19.9. The lowest BCUT2D eigenvalue weighted by atomic mass is 9.89. The third kappa shape index (κ3) is 13.8. The highest BCUT2D eigenvalue weighted by Gasteiger charge is 2.60. The Morgan fingerprint density at radius 1 is 0.375 bits per heavy atom. The summed E-state index contributed by atoms with van der Waals surface area (Å²) >= 11 is 0. The normalized spacial score (nSPS) is 13.3. The van der Waals surface area contributed by atoms with Crippen molar-refractivity contribution < 1.29 is 72.2 Å². The molecule has 0 fully saturated rings. The minimum Gasteiger partial charge on any atom is -0.457 e. The Bertz CT molecular complexity index is 4050. The second-order valence-corrected chi connectivity index (χ2v) is 19.9. The average molecular weight is 1200 g/mol. The fourth-order valence-corrected chi connectivity index (χ4v) is 9.41. The van der Waals surface area contributed by atoms with Crippen LogP contribution in [0.4, 0.5) is 43.9 Å². The molecule has 19 heteroatoms. The lowest BCUT2D eigenvalue weighted by molar-refractivity contribution is -0.295. The standard InChI is InChI=1S/C69H47BF10N2O6/c71-66(72,68(75,76)77)44-83-70(84-45-67(73,74)69(78,79)80)82-62(49-32-40-58(41-33-49)88-54-24-14-5-15-25-54)43-60(47-28-36-56(37-29-47)86-52-20-10-3-11-21-52)65(82)63(50-16-6-1-7-17-50)64-59(46-26-34-55(35-27-46)85-51-18-8-2-9-19-51)42-61(81-64)48-30-38-57(39-31-48)87-53-22-12-4-13-23-53/h1-43H,44-45H2/b64-63-. The first-order chi connectivity index (χ1) is 42.4. The molecule has 11 rings (SSSR count). The molecule has 1 aromatic heterocycles. The Morgan fingerprint density at radius 2 is 0.705 bits per heavy atom. The van der Waals surface area contributed by atoms with Crippen molar-refractivity contribution in [2.24, 2.45) is 4.99 Å². The molecule has 8 nitrogen and oxygen atoms in total. The molecule has 1 aliphatic rings. The summed E-state index contributed by atoms with van der Waals surface area (Å²) < 4.78 is 183. The summed E-state index contributed by atoms with van der Waals surface area (Å²) in [5, 5.41) is 0. The number of aromatic nitrogens is 1. The molecule has 0 spiro atoms. The van der Waals surface area contributed by atoms with E-state index in [-0.39, 0.29) is 50.7 Å². The van der Waals surface area contributed by atoms with Gasteiger partial charge in [-0.3, -0.25) is 0 Å². The third-order valence-corrected chi connectivity index (χ3v) is 13.7. The molecule has 0 atom stereocenters. The fraction of sp³-hybridized carbons (Fsp3) is 0.0870. The molecular formula is C69H47BF10N2O6. The predicted molar refractivity (Wildman–Crippen MR) is 316 cm³/mol. The van der Waals surface area contributed by atoms with Crippen LogP contribution in [0.25, 0.3) is 33.5 Å². The maximum Gasteiger partial charge on any atom is 0.598 e. The zero-order valence-electron chi connectivity index (χ0n) is 45.9. The number of para-hydroxylation sites is 4. The SMILES string of the molecule is FC(F)(F)C(F)(F)COB(OCC(F)(F)C(F)(F)F)n1c(-c2ccc(Oc3ccccc3)cc2)cc(-c2ccc(Oc3ccccc3)cc2)c1/C(=C1\N=C(c2ccc(Oc3ccccc3)cc2)C=C1c1ccc(Oc2ccccc2)cc1)c1ccccc1. The maximum atomic E-state index is 15.4. The molecule has 0 N–H and O–H groups in total. The fourth-order valence-electron chi connectivity index (χ4n) is 9.41. The van der Waals surface area contributed by atoms with E-state index in [1.165, 1.54) is 30.3 Å². The highest BCUT2D eigenvalue weighted by Crippen LogP contribution is 2.47. The van der Waals surface area contributed by atoms with E-state index in [0.29, 0.717) is 62.7 Å². The Labute approximate surface area is 498 Å². The molecule has 0 amide bonds. The van der Waals surface area contributed by atoms with E-state index in [2.05, 4.69) is 0 Å². The van der Waals surface area contributed by atoms with Crippen LogP contribution in [0.2, 0.25) is 0 Å². The molecule has 0 unspecified atom stereocenters. The zero-order valence-corrected chi connectivity index (χ0v) is 45.9. The van der Waals surface area contributed by atoms with Crippen molar-refractivity contribution in [3.8, 4) is 68.4 Å². The van der Waals surface area contributed by atoms with Gasteiger partial charge < -0.3 is 32.7 Å². The van der Waals surface area contributed by atoms with Crippen LogP contribution < -0.4 is 18.9 Å². The van der Waals surface area contributed by atoms with Gasteiger partial charge in [0, 0.05) is 28.0 Å². The van der Waals surface area contributed by atoms with Crippen LogP contribution in [0.15, 0.2) is 272 Å². The third-order valence-electron chi connectivity index (χ3n) is 13.7.